The van der Waals surface area contributed by atoms with E-state index < -0.39 is 5.41 Å². The van der Waals surface area contributed by atoms with Crippen LogP contribution in [0.25, 0.3) is 33.4 Å². The summed E-state index contributed by atoms with van der Waals surface area (Å²) in [5.41, 5.74) is 12.4. The maximum Gasteiger partial charge on any atom is 0.154 e. The molecule has 184 valence electrons. The highest BCUT2D eigenvalue weighted by molar-refractivity contribution is 5.99. The number of nitrogens with one attached hydrogen (secondary N) is 1. The van der Waals surface area contributed by atoms with E-state index in [4.69, 9.17) is 0 Å². The van der Waals surface area contributed by atoms with Crippen LogP contribution < -0.4 is 5.32 Å². The van der Waals surface area contributed by atoms with Crippen LogP contribution in [0.4, 0.5) is 15.8 Å². The lowest BCUT2D eigenvalue weighted by atomic mass is 9.70. The molecule has 0 amide bonds. The minimum Gasteiger partial charge on any atom is -0.353 e. The molecule has 2 aliphatic carbocycles. The Bertz CT molecular complexity index is 1860. The van der Waals surface area contributed by atoms with E-state index in [9.17, 15) is 0 Å². The molecule has 1 spiro atoms. The molecule has 0 fully saturated rings. The van der Waals surface area contributed by atoms with Gasteiger partial charge in [0.25, 0.3) is 0 Å². The second-order valence-corrected chi connectivity index (χ2v) is 10.3. The molecule has 2 aliphatic rings. The molecule has 6 aromatic rings. The molecule has 6 aromatic carbocycles. The quantitative estimate of drug-likeness (QED) is 0.254. The first kappa shape index (κ1) is 22.1. The van der Waals surface area contributed by atoms with E-state index in [0.717, 1.165) is 16.8 Å². The van der Waals surface area contributed by atoms with Crippen LogP contribution in [0.5, 0.6) is 0 Å². The first-order valence-corrected chi connectivity index (χ1v) is 13.3. The monoisotopic (exact) mass is 501 g/mol. The third kappa shape index (κ3) is 2.94. The van der Waals surface area contributed by atoms with Crippen LogP contribution in [0.2, 0.25) is 0 Å². The zero-order chi connectivity index (χ0) is 26.0. The zero-order valence-corrected chi connectivity index (χ0v) is 21.2. The van der Waals surface area contributed by atoms with Crippen LogP contribution in [-0.4, -0.2) is 0 Å². The van der Waals surface area contributed by atoms with Crippen LogP contribution in [0, 0.1) is 5.82 Å². The van der Waals surface area contributed by atoms with Crippen LogP contribution >= 0.6 is 0 Å². The smallest absolute Gasteiger partial charge is 0.154 e. The summed E-state index contributed by atoms with van der Waals surface area (Å²) in [7, 11) is 0. The molecular weight excluding hydrogens is 477 g/mol. The highest BCUT2D eigenvalue weighted by atomic mass is 19.1. The van der Waals surface area contributed by atoms with E-state index in [2.05, 4.69) is 96.3 Å². The third-order valence-corrected chi connectivity index (χ3v) is 8.37. The van der Waals surface area contributed by atoms with Crippen molar-refractivity contribution in [3.8, 4) is 33.4 Å². The number of anilines is 2. The van der Waals surface area contributed by atoms with E-state index in [-0.39, 0.29) is 5.82 Å². The van der Waals surface area contributed by atoms with E-state index in [1.54, 1.807) is 0 Å². The fourth-order valence-corrected chi connectivity index (χ4v) is 6.86. The van der Waals surface area contributed by atoms with Gasteiger partial charge < -0.3 is 5.32 Å². The maximum atomic E-state index is 15.9. The largest absolute Gasteiger partial charge is 0.353 e. The average molecular weight is 502 g/mol. The number of hydrogen-bond donors (Lipinski definition) is 1. The Morgan fingerprint density at radius 2 is 0.897 bits per heavy atom. The predicted molar refractivity (Wildman–Crippen MR) is 158 cm³/mol. The van der Waals surface area contributed by atoms with E-state index in [0.29, 0.717) is 11.3 Å². The topological polar surface area (TPSA) is 12.0 Å². The lowest BCUT2D eigenvalue weighted by Crippen LogP contribution is -2.25. The molecule has 0 saturated carbocycles. The molecule has 39 heavy (non-hydrogen) atoms. The van der Waals surface area contributed by atoms with Crippen LogP contribution in [0.15, 0.2) is 140 Å². The summed E-state index contributed by atoms with van der Waals surface area (Å²) in [5, 5.41) is 3.50. The van der Waals surface area contributed by atoms with Gasteiger partial charge in [-0.05, 0) is 56.6 Å². The Morgan fingerprint density at radius 1 is 0.410 bits per heavy atom. The lowest BCUT2D eigenvalue weighted by Gasteiger charge is -2.30. The normalized spacial score (nSPS) is 13.5. The SMILES string of the molecule is Fc1c(Nc2cccc3c2-c2ccccc2C32c3ccccc3-c3ccccc32)cccc1-c1ccccc1. The minimum absolute atomic E-state index is 0.251. The highest BCUT2D eigenvalue weighted by Crippen LogP contribution is 2.63. The molecule has 0 aliphatic heterocycles. The number of fused-ring (bicyclic) bond motifs is 10. The fraction of sp³-hybridized carbons (Fsp3) is 0.0270. The number of halogens is 1. The van der Waals surface area contributed by atoms with Gasteiger partial charge in [0.2, 0.25) is 0 Å². The van der Waals surface area contributed by atoms with Crippen LogP contribution in [0.1, 0.15) is 22.3 Å². The summed E-state index contributed by atoms with van der Waals surface area (Å²) in [4.78, 5) is 0. The summed E-state index contributed by atoms with van der Waals surface area (Å²) in [6.45, 7) is 0. The molecule has 0 radical (unpaired) electrons. The van der Waals surface area contributed by atoms with Crippen molar-refractivity contribution in [1.29, 1.82) is 0 Å². The molecule has 8 rings (SSSR count). The van der Waals surface area contributed by atoms with Gasteiger partial charge >= 0.3 is 0 Å². The molecule has 0 aromatic heterocycles. The average Bonchev–Trinajstić information content (AvgIpc) is 3.47. The predicted octanol–water partition coefficient (Wildman–Crippen LogP) is 9.58. The molecular formula is C37H24FN. The van der Waals surface area contributed by atoms with Crippen molar-refractivity contribution in [1.82, 2.24) is 0 Å². The minimum atomic E-state index is -0.415. The molecule has 0 bridgehead atoms. The zero-order valence-electron chi connectivity index (χ0n) is 21.2. The van der Waals surface area contributed by atoms with Gasteiger partial charge in [0.05, 0.1) is 11.1 Å². The Kier molecular flexibility index (Phi) is 4.68. The summed E-state index contributed by atoms with van der Waals surface area (Å²) in [6, 6.07) is 47.9. The molecule has 1 N–H and O–H groups in total. The Labute approximate surface area is 227 Å². The fourth-order valence-electron chi connectivity index (χ4n) is 6.86. The highest BCUT2D eigenvalue weighted by Gasteiger charge is 2.51. The van der Waals surface area contributed by atoms with Gasteiger partial charge in [0.15, 0.2) is 5.82 Å². The van der Waals surface area contributed by atoms with Crippen molar-refractivity contribution >= 4 is 11.4 Å². The molecule has 0 atom stereocenters. The molecule has 0 heterocycles. The van der Waals surface area contributed by atoms with Crippen LogP contribution in [-0.2, 0) is 5.41 Å². The summed E-state index contributed by atoms with van der Waals surface area (Å²) < 4.78 is 15.9. The Balaban J connectivity index is 1.37. The second kappa shape index (κ2) is 8.28. The Hall–Kier alpha value is -4.95. The van der Waals surface area contributed by atoms with Crippen LogP contribution in [0.3, 0.4) is 0 Å². The first-order chi connectivity index (χ1) is 19.3. The van der Waals surface area contributed by atoms with Crippen molar-refractivity contribution in [3.05, 3.63) is 168 Å². The number of hydrogen-bond acceptors (Lipinski definition) is 1. The van der Waals surface area contributed by atoms with Crippen molar-refractivity contribution in [3.63, 3.8) is 0 Å². The van der Waals surface area contributed by atoms with Crippen molar-refractivity contribution in [2.24, 2.45) is 0 Å². The van der Waals surface area contributed by atoms with E-state index >= 15 is 4.39 Å². The van der Waals surface area contributed by atoms with Crippen molar-refractivity contribution < 1.29 is 4.39 Å². The third-order valence-electron chi connectivity index (χ3n) is 8.37. The van der Waals surface area contributed by atoms with Gasteiger partial charge in [0, 0.05) is 16.8 Å². The molecule has 0 saturated heterocycles. The van der Waals surface area contributed by atoms with Crippen molar-refractivity contribution in [2.75, 3.05) is 5.32 Å². The van der Waals surface area contributed by atoms with Gasteiger partial charge in [-0.2, -0.15) is 0 Å². The molecule has 2 heteroatoms. The molecule has 1 nitrogen and oxygen atoms in total. The maximum absolute atomic E-state index is 15.9. The second-order valence-electron chi connectivity index (χ2n) is 10.3. The van der Waals surface area contributed by atoms with E-state index in [1.807, 2.05) is 48.5 Å². The lowest BCUT2D eigenvalue weighted by molar-refractivity contribution is 0.635. The Morgan fingerprint density at radius 3 is 1.59 bits per heavy atom. The summed E-state index contributed by atoms with van der Waals surface area (Å²) in [5.74, 6) is -0.251. The number of rotatable bonds is 3. The van der Waals surface area contributed by atoms with Gasteiger partial charge in [-0.3, -0.25) is 0 Å². The van der Waals surface area contributed by atoms with Gasteiger partial charge in [-0.25, -0.2) is 4.39 Å². The van der Waals surface area contributed by atoms with Crippen molar-refractivity contribution in [2.45, 2.75) is 5.41 Å². The summed E-state index contributed by atoms with van der Waals surface area (Å²) in [6.07, 6.45) is 0. The van der Waals surface area contributed by atoms with Gasteiger partial charge in [-0.1, -0.05) is 127 Å². The number of benzene rings is 6. The summed E-state index contributed by atoms with van der Waals surface area (Å²) >= 11 is 0. The standard InChI is InChI=1S/C37H24FN/c38-36-25(24-12-2-1-3-13-24)17-10-23-34(36)39-33-22-11-21-32-35(33)28-16-6-9-20-31(28)37(32)29-18-7-4-14-26(29)27-15-5-8-19-30(27)37/h1-23,39H. The molecule has 0 unspecified atom stereocenters. The first-order valence-electron chi connectivity index (χ1n) is 13.3. The van der Waals surface area contributed by atoms with Gasteiger partial charge in [0.1, 0.15) is 0 Å². The van der Waals surface area contributed by atoms with E-state index in [1.165, 1.54) is 38.9 Å². The van der Waals surface area contributed by atoms with Gasteiger partial charge in [-0.15, -0.1) is 0 Å².